The second kappa shape index (κ2) is 24.8. The van der Waals surface area contributed by atoms with Gasteiger partial charge in [-0.05, 0) is 42.5 Å². The van der Waals surface area contributed by atoms with Gasteiger partial charge in [0.2, 0.25) is 11.8 Å². The molecule has 0 spiro atoms. The molecule has 450 valence electrons. The van der Waals surface area contributed by atoms with Gasteiger partial charge >= 0.3 is 23.5 Å². The smallest absolute Gasteiger partial charge is 0.379 e. The van der Waals surface area contributed by atoms with Crippen molar-refractivity contribution in [1.29, 1.82) is 0 Å². The van der Waals surface area contributed by atoms with Gasteiger partial charge in [0.15, 0.2) is 16.4 Å². The summed E-state index contributed by atoms with van der Waals surface area (Å²) in [5.41, 5.74) is -2.49. The number of fused-ring (bicyclic) bond motifs is 2. The van der Waals surface area contributed by atoms with Crippen molar-refractivity contribution in [2.75, 3.05) is 41.7 Å². The van der Waals surface area contributed by atoms with Crippen LogP contribution < -0.4 is 40.4 Å². The topological polar surface area (TPSA) is 429 Å². The number of phenolic OH excluding ortho intramolecular Hbond substituents is 2. The summed E-state index contributed by atoms with van der Waals surface area (Å²) in [5, 5.41) is 113. The summed E-state index contributed by atoms with van der Waals surface area (Å²) < 4.78 is 58.5. The molecular weight excluding hydrogens is 1120 g/mol. The van der Waals surface area contributed by atoms with E-state index >= 15 is 0 Å². The van der Waals surface area contributed by atoms with Gasteiger partial charge in [-0.1, -0.05) is 0 Å². The number of aliphatic hydroxyl groups is 8. The number of nitrogens with one attached hydrogen (secondary N) is 2. The summed E-state index contributed by atoms with van der Waals surface area (Å²) in [6.07, 6.45) is -17.0. The molecule has 84 heavy (non-hydrogen) atoms. The van der Waals surface area contributed by atoms with Crippen molar-refractivity contribution in [2.24, 2.45) is 0 Å². The van der Waals surface area contributed by atoms with Crippen LogP contribution in [0, 0.1) is 0 Å². The predicted molar refractivity (Wildman–Crippen MR) is 286 cm³/mol. The lowest BCUT2D eigenvalue weighted by atomic mass is 9.88. The fourth-order valence-electron chi connectivity index (χ4n) is 10.1. The third kappa shape index (κ3) is 11.9. The molecule has 8 rings (SSSR count). The Morgan fingerprint density at radius 1 is 0.607 bits per heavy atom. The molecule has 0 radical (unpaired) electrons. The lowest BCUT2D eigenvalue weighted by molar-refractivity contribution is -0.285. The Balaban J connectivity index is 1.33. The number of hydrogen-bond donors (Lipinski definition) is 12. The van der Waals surface area contributed by atoms with Gasteiger partial charge in [-0.25, -0.2) is 9.59 Å². The van der Waals surface area contributed by atoms with E-state index in [4.69, 9.17) is 46.7 Å². The number of amides is 2. The Kier molecular flexibility index (Phi) is 18.2. The highest BCUT2D eigenvalue weighted by Gasteiger charge is 2.59. The van der Waals surface area contributed by atoms with E-state index in [1.54, 1.807) is 0 Å². The van der Waals surface area contributed by atoms with Crippen LogP contribution in [0.3, 0.4) is 0 Å². The molecule has 28 heteroatoms. The van der Waals surface area contributed by atoms with Crippen LogP contribution in [0.15, 0.2) is 91.2 Å². The van der Waals surface area contributed by atoms with Crippen LogP contribution in [0.5, 0.6) is 34.5 Å². The first-order valence-corrected chi connectivity index (χ1v) is 25.6. The second-order valence-corrected chi connectivity index (χ2v) is 19.7. The zero-order valence-electron chi connectivity index (χ0n) is 45.5. The minimum atomic E-state index is -2.91. The minimum Gasteiger partial charge on any atom is -0.507 e. The summed E-state index contributed by atoms with van der Waals surface area (Å²) in [6.45, 7) is 0.0983. The number of rotatable bonds is 19. The van der Waals surface area contributed by atoms with Crippen molar-refractivity contribution in [3.8, 4) is 68.3 Å². The SMILES string of the molecule is COC(=O)[C@@]1(Oc2ccc(-c3cc(=O)c4c(O)cc(O[C@]5(C(=O)OC)C[C@H](O)[C@@H](NC(C)=O)[C@H]([C@@H](O)[C@@H](O)CO)O5)c(-c5cc(-c6cc(=O)c7c(O)cc(OC)cc7o6)ccc5OC)c4o3)cc2)C[C@H](O)[C@@H](NC(C)=O)[C@H]([C@@H](O)[C@@H](O)CO)O1. The van der Waals surface area contributed by atoms with Crippen LogP contribution in [-0.4, -0.2) is 189 Å². The molecule has 4 aromatic carbocycles. The molecule has 28 nitrogen and oxygen atoms in total. The monoisotopic (exact) mass is 1180 g/mol. The number of carbonyl (C=O) groups is 4. The van der Waals surface area contributed by atoms with E-state index in [0.717, 1.165) is 46.3 Å². The van der Waals surface area contributed by atoms with Crippen molar-refractivity contribution in [1.82, 2.24) is 10.6 Å². The number of aliphatic hydroxyl groups excluding tert-OH is 8. The lowest BCUT2D eigenvalue weighted by Gasteiger charge is -2.47. The summed E-state index contributed by atoms with van der Waals surface area (Å²) >= 11 is 0. The third-order valence-corrected chi connectivity index (χ3v) is 14.1. The van der Waals surface area contributed by atoms with Gasteiger partial charge in [0.05, 0.1) is 84.3 Å². The Labute approximate surface area is 474 Å². The molecular formula is C56H60N2O26. The van der Waals surface area contributed by atoms with Crippen molar-refractivity contribution in [3.63, 3.8) is 0 Å². The van der Waals surface area contributed by atoms with Crippen LogP contribution in [0.4, 0.5) is 0 Å². The standard InChI is InChI=1S/C56H60N2O26/c1-23(61)57-46-34(67)19-55(53(73)77-5,83-51(46)48(71)36(69)21-59)81-27-10-7-25(8-11-27)39-17-32(65)45-33(66)18-42(82-56(54(74)78-6)20-35(68)47(58-24(2)62)52(84-56)49(72)37(70)22-60)43(50(45)80-39)29-13-26(9-12-38(29)76-4)40-16-31(64)44-30(63)14-28(75-3)15-41(44)79-40/h7-18,34-37,46-49,51-52,59-60,63,66-72H,19-22H2,1-6H3,(H,57,61)(H,58,62)/t34-,35-,36-,37-,46+,47+,48-,49-,51+,52+,55+,56+/m0/s1. The molecule has 2 saturated heterocycles. The number of ether oxygens (including phenoxy) is 8. The molecule has 0 unspecified atom stereocenters. The van der Waals surface area contributed by atoms with E-state index in [9.17, 15) is 79.8 Å². The highest BCUT2D eigenvalue weighted by molar-refractivity contribution is 6.02. The number of benzene rings is 4. The van der Waals surface area contributed by atoms with Gasteiger partial charge in [-0.15, -0.1) is 0 Å². The highest BCUT2D eigenvalue weighted by atomic mass is 16.7. The summed E-state index contributed by atoms with van der Waals surface area (Å²) in [5.74, 6) is -12.0. The summed E-state index contributed by atoms with van der Waals surface area (Å²) in [7, 11) is 4.45. The molecule has 6 aromatic rings. The largest absolute Gasteiger partial charge is 0.507 e. The number of aromatic hydroxyl groups is 2. The number of hydrogen-bond acceptors (Lipinski definition) is 26. The van der Waals surface area contributed by atoms with Crippen molar-refractivity contribution < 1.29 is 117 Å². The Morgan fingerprint density at radius 2 is 1.11 bits per heavy atom. The zero-order valence-corrected chi connectivity index (χ0v) is 45.5. The summed E-state index contributed by atoms with van der Waals surface area (Å²) in [6, 6.07) is 11.8. The summed E-state index contributed by atoms with van der Waals surface area (Å²) in [4.78, 5) is 80.5. The van der Waals surface area contributed by atoms with Crippen LogP contribution in [0.1, 0.15) is 26.7 Å². The molecule has 0 saturated carbocycles. The molecule has 0 aliphatic carbocycles. The Bertz CT molecular complexity index is 3590. The molecule has 2 aliphatic heterocycles. The average molecular weight is 1180 g/mol. The minimum absolute atomic E-state index is 0.0481. The molecule has 0 bridgehead atoms. The van der Waals surface area contributed by atoms with Gasteiger partial charge in [-0.3, -0.25) is 19.2 Å². The number of methoxy groups -OCH3 is 4. The van der Waals surface area contributed by atoms with Gasteiger partial charge in [0.1, 0.15) is 99.0 Å². The quantitative estimate of drug-likeness (QED) is 0.0458. The van der Waals surface area contributed by atoms with E-state index in [1.807, 2.05) is 0 Å². The molecule has 12 atom stereocenters. The lowest BCUT2D eigenvalue weighted by Crippen LogP contribution is -2.68. The Morgan fingerprint density at radius 3 is 1.61 bits per heavy atom. The van der Waals surface area contributed by atoms with Crippen LogP contribution >= 0.6 is 0 Å². The third-order valence-electron chi connectivity index (χ3n) is 14.1. The first-order valence-electron chi connectivity index (χ1n) is 25.6. The van der Waals surface area contributed by atoms with Crippen molar-refractivity contribution >= 4 is 45.7 Å². The average Bonchev–Trinajstić information content (AvgIpc) is 3.59. The fourth-order valence-corrected chi connectivity index (χ4v) is 10.1. The molecule has 2 aromatic heterocycles. The second-order valence-electron chi connectivity index (χ2n) is 19.7. The van der Waals surface area contributed by atoms with Gasteiger partial charge in [-0.2, -0.15) is 0 Å². The van der Waals surface area contributed by atoms with E-state index < -0.39 is 161 Å². The maximum atomic E-state index is 14.5. The first-order chi connectivity index (χ1) is 39.9. The van der Waals surface area contributed by atoms with E-state index in [0.29, 0.717) is 0 Å². The fraction of sp³-hybridized carbons (Fsp3) is 0.393. The zero-order chi connectivity index (χ0) is 61.3. The van der Waals surface area contributed by atoms with Crippen LogP contribution in [0.25, 0.3) is 55.7 Å². The van der Waals surface area contributed by atoms with E-state index in [1.165, 1.54) is 68.8 Å². The van der Waals surface area contributed by atoms with Gasteiger partial charge in [0.25, 0.3) is 0 Å². The number of phenols is 2. The molecule has 2 aliphatic rings. The predicted octanol–water partition coefficient (Wildman–Crippen LogP) is -0.438. The van der Waals surface area contributed by atoms with E-state index in [2.05, 4.69) is 10.6 Å². The first kappa shape index (κ1) is 61.6. The maximum Gasteiger partial charge on any atom is 0.379 e. The highest BCUT2D eigenvalue weighted by Crippen LogP contribution is 2.49. The Hall–Kier alpha value is -8.42. The number of esters is 2. The number of carbonyl (C=O) groups excluding carboxylic acids is 4. The maximum absolute atomic E-state index is 14.5. The normalized spacial score (nSPS) is 23.8. The molecule has 2 fully saturated rings. The van der Waals surface area contributed by atoms with Gasteiger partial charge < -0.3 is 108 Å². The molecule has 4 heterocycles. The van der Waals surface area contributed by atoms with Crippen LogP contribution in [-0.2, 0) is 38.1 Å². The van der Waals surface area contributed by atoms with Crippen LogP contribution in [0.2, 0.25) is 0 Å². The molecule has 2 amide bonds. The van der Waals surface area contributed by atoms with Gasteiger partial charge in [0, 0.05) is 60.9 Å². The molecule has 12 N–H and O–H groups in total. The van der Waals surface area contributed by atoms with E-state index in [-0.39, 0.29) is 62.0 Å². The van der Waals surface area contributed by atoms with Crippen molar-refractivity contribution in [3.05, 3.63) is 93.2 Å². The van der Waals surface area contributed by atoms with Crippen molar-refractivity contribution in [2.45, 2.75) is 99.2 Å².